The maximum atomic E-state index is 12.2. The van der Waals surface area contributed by atoms with Gasteiger partial charge in [-0.25, -0.2) is 18.7 Å². The third-order valence-electron chi connectivity index (χ3n) is 3.06. The van der Waals surface area contributed by atoms with Crippen molar-refractivity contribution < 1.29 is 13.9 Å². The predicted octanol–water partition coefficient (Wildman–Crippen LogP) is 0.796. The van der Waals surface area contributed by atoms with Crippen molar-refractivity contribution in [3.05, 3.63) is 58.0 Å². The summed E-state index contributed by atoms with van der Waals surface area (Å²) in [6, 6.07) is 8.16. The number of furan rings is 1. The van der Waals surface area contributed by atoms with Gasteiger partial charge in [0.25, 0.3) is 0 Å². The predicted molar refractivity (Wildman–Crippen MR) is 73.3 cm³/mol. The molecule has 0 atom stereocenters. The van der Waals surface area contributed by atoms with Crippen molar-refractivity contribution in [1.29, 1.82) is 5.26 Å². The molecule has 0 aromatic carbocycles. The average Bonchev–Trinajstić information content (AvgIpc) is 3.12. The van der Waals surface area contributed by atoms with Gasteiger partial charge < -0.3 is 9.15 Å². The highest BCUT2D eigenvalue weighted by atomic mass is 16.5. The van der Waals surface area contributed by atoms with Crippen LogP contribution in [0.3, 0.4) is 0 Å². The lowest BCUT2D eigenvalue weighted by Crippen LogP contribution is -2.21. The number of rotatable bonds is 3. The van der Waals surface area contributed by atoms with E-state index in [9.17, 15) is 9.59 Å². The monoisotopic (exact) mass is 298 g/mol. The van der Waals surface area contributed by atoms with E-state index in [4.69, 9.17) is 9.68 Å². The van der Waals surface area contributed by atoms with E-state index in [1.807, 2.05) is 6.07 Å². The van der Waals surface area contributed by atoms with Gasteiger partial charge in [-0.3, -0.25) is 0 Å². The number of nitriles is 1. The normalized spacial score (nSPS) is 10.5. The first-order valence-corrected chi connectivity index (χ1v) is 6.28. The molecule has 3 rings (SSSR count). The van der Waals surface area contributed by atoms with Crippen LogP contribution in [0, 0.1) is 11.3 Å². The lowest BCUT2D eigenvalue weighted by atomic mass is 10.3. The van der Waals surface area contributed by atoms with E-state index in [0.717, 1.165) is 0 Å². The van der Waals surface area contributed by atoms with Gasteiger partial charge in [0.05, 0.1) is 12.7 Å². The van der Waals surface area contributed by atoms with E-state index in [1.165, 1.54) is 28.5 Å². The molecule has 0 aliphatic carbocycles. The Morgan fingerprint density at radius 1 is 1.41 bits per heavy atom. The minimum absolute atomic E-state index is 0.0566. The first-order valence-electron chi connectivity index (χ1n) is 6.28. The molecular weight excluding hydrogens is 288 g/mol. The quantitative estimate of drug-likeness (QED) is 0.662. The highest BCUT2D eigenvalue weighted by Crippen LogP contribution is 2.10. The van der Waals surface area contributed by atoms with Crippen LogP contribution in [0.15, 0.2) is 39.7 Å². The summed E-state index contributed by atoms with van der Waals surface area (Å²) in [6.07, 6.45) is 1.42. The Morgan fingerprint density at radius 3 is 2.95 bits per heavy atom. The number of nitrogens with zero attached hydrogens (tertiary/aromatic N) is 4. The summed E-state index contributed by atoms with van der Waals surface area (Å²) in [7, 11) is 1.25. The third kappa shape index (κ3) is 2.25. The summed E-state index contributed by atoms with van der Waals surface area (Å²) in [5.41, 5.74) is 0.381. The van der Waals surface area contributed by atoms with Crippen LogP contribution in [0.2, 0.25) is 0 Å². The third-order valence-corrected chi connectivity index (χ3v) is 3.06. The van der Waals surface area contributed by atoms with Gasteiger partial charge in [0.2, 0.25) is 5.76 Å². The van der Waals surface area contributed by atoms with E-state index in [1.54, 1.807) is 18.2 Å². The van der Waals surface area contributed by atoms with Crippen LogP contribution in [0.25, 0.3) is 5.65 Å². The first kappa shape index (κ1) is 13.6. The van der Waals surface area contributed by atoms with Crippen molar-refractivity contribution in [2.75, 3.05) is 7.11 Å². The Hall–Kier alpha value is -3.34. The van der Waals surface area contributed by atoms with Gasteiger partial charge in [-0.05, 0) is 24.3 Å². The van der Waals surface area contributed by atoms with E-state index in [0.29, 0.717) is 17.0 Å². The summed E-state index contributed by atoms with van der Waals surface area (Å²) in [5, 5.41) is 13.0. The summed E-state index contributed by atoms with van der Waals surface area (Å²) in [5.74, 6) is -0.139. The highest BCUT2D eigenvalue weighted by molar-refractivity contribution is 5.86. The smallest absolute Gasteiger partial charge is 0.373 e. The van der Waals surface area contributed by atoms with Gasteiger partial charge in [0.15, 0.2) is 5.65 Å². The van der Waals surface area contributed by atoms with Crippen molar-refractivity contribution in [2.24, 2.45) is 0 Å². The number of esters is 1. The average molecular weight is 298 g/mol. The number of fused-ring (bicyclic) bond motifs is 1. The fourth-order valence-electron chi connectivity index (χ4n) is 2.01. The van der Waals surface area contributed by atoms with E-state index < -0.39 is 11.7 Å². The van der Waals surface area contributed by atoms with E-state index in [2.05, 4.69) is 9.84 Å². The van der Waals surface area contributed by atoms with Crippen LogP contribution in [0.4, 0.5) is 0 Å². The van der Waals surface area contributed by atoms with Gasteiger partial charge in [0, 0.05) is 6.20 Å². The minimum Gasteiger partial charge on any atom is -0.463 e. The molecule has 0 radical (unpaired) electrons. The van der Waals surface area contributed by atoms with Crippen molar-refractivity contribution in [2.45, 2.75) is 6.54 Å². The molecule has 3 aromatic heterocycles. The standard InChI is InChI=1S/C14H10N4O4/c1-21-13(19)11-4-3-10(22-11)8-18-14(20)17-7-9(6-15)2-5-12(17)16-18/h2-5,7H,8H2,1H3. The number of methoxy groups -OCH3 is 1. The molecule has 0 saturated heterocycles. The molecule has 0 fully saturated rings. The van der Waals surface area contributed by atoms with Crippen LogP contribution in [-0.4, -0.2) is 27.3 Å². The van der Waals surface area contributed by atoms with Gasteiger partial charge in [0.1, 0.15) is 18.4 Å². The highest BCUT2D eigenvalue weighted by Gasteiger charge is 2.13. The zero-order chi connectivity index (χ0) is 15.7. The zero-order valence-corrected chi connectivity index (χ0v) is 11.5. The molecule has 22 heavy (non-hydrogen) atoms. The van der Waals surface area contributed by atoms with Crippen LogP contribution in [0.1, 0.15) is 21.9 Å². The van der Waals surface area contributed by atoms with E-state index >= 15 is 0 Å². The van der Waals surface area contributed by atoms with Crippen molar-refractivity contribution >= 4 is 11.6 Å². The lowest BCUT2D eigenvalue weighted by molar-refractivity contribution is 0.0562. The van der Waals surface area contributed by atoms with Gasteiger partial charge in [-0.2, -0.15) is 5.26 Å². The molecule has 0 N–H and O–H groups in total. The lowest BCUT2D eigenvalue weighted by Gasteiger charge is -1.96. The Labute approximate surface area is 123 Å². The molecule has 3 heterocycles. The fourth-order valence-corrected chi connectivity index (χ4v) is 2.01. The first-order chi connectivity index (χ1) is 10.6. The summed E-state index contributed by atoms with van der Waals surface area (Å²) in [6.45, 7) is 0.0688. The number of ether oxygens (including phenoxy) is 1. The molecule has 0 aliphatic rings. The summed E-state index contributed by atoms with van der Waals surface area (Å²) < 4.78 is 12.3. The molecular formula is C14H10N4O4. The summed E-state index contributed by atoms with van der Waals surface area (Å²) >= 11 is 0. The van der Waals surface area contributed by atoms with Crippen LogP contribution < -0.4 is 5.69 Å². The Morgan fingerprint density at radius 2 is 2.23 bits per heavy atom. The Bertz CT molecular complexity index is 957. The molecule has 0 amide bonds. The van der Waals surface area contributed by atoms with Gasteiger partial charge >= 0.3 is 11.7 Å². The fraction of sp³-hybridized carbons (Fsp3) is 0.143. The zero-order valence-electron chi connectivity index (χ0n) is 11.5. The van der Waals surface area contributed by atoms with Gasteiger partial charge in [-0.1, -0.05) is 0 Å². The van der Waals surface area contributed by atoms with Crippen LogP contribution in [-0.2, 0) is 11.3 Å². The maximum Gasteiger partial charge on any atom is 0.373 e. The molecule has 0 aliphatic heterocycles. The second-order valence-corrected chi connectivity index (χ2v) is 4.46. The minimum atomic E-state index is -0.590. The van der Waals surface area contributed by atoms with Crippen molar-refractivity contribution in [1.82, 2.24) is 14.2 Å². The van der Waals surface area contributed by atoms with Crippen molar-refractivity contribution in [3.8, 4) is 6.07 Å². The molecule has 8 heteroatoms. The Kier molecular flexibility index (Phi) is 3.23. The Balaban J connectivity index is 1.96. The second kappa shape index (κ2) is 5.21. The summed E-state index contributed by atoms with van der Waals surface area (Å²) in [4.78, 5) is 23.5. The van der Waals surface area contributed by atoms with Crippen LogP contribution in [0.5, 0.6) is 0 Å². The maximum absolute atomic E-state index is 12.2. The second-order valence-electron chi connectivity index (χ2n) is 4.46. The molecule has 0 spiro atoms. The number of carbonyl (C=O) groups is 1. The van der Waals surface area contributed by atoms with Gasteiger partial charge in [-0.15, -0.1) is 5.10 Å². The number of hydrogen-bond donors (Lipinski definition) is 0. The molecule has 8 nitrogen and oxygen atoms in total. The van der Waals surface area contributed by atoms with Crippen molar-refractivity contribution in [3.63, 3.8) is 0 Å². The molecule has 0 bridgehead atoms. The number of pyridine rings is 1. The SMILES string of the molecule is COC(=O)c1ccc(Cn2nc3ccc(C#N)cn3c2=O)o1. The largest absolute Gasteiger partial charge is 0.463 e. The van der Waals surface area contributed by atoms with E-state index in [-0.39, 0.29) is 12.3 Å². The number of carbonyl (C=O) groups excluding carboxylic acids is 1. The van der Waals surface area contributed by atoms with Crippen LogP contribution >= 0.6 is 0 Å². The topological polar surface area (TPSA) is 103 Å². The number of aromatic nitrogens is 3. The molecule has 0 unspecified atom stereocenters. The molecule has 110 valence electrons. The molecule has 0 saturated carbocycles. The molecule has 3 aromatic rings. The number of hydrogen-bond acceptors (Lipinski definition) is 6.